The van der Waals surface area contributed by atoms with Gasteiger partial charge in [-0.15, -0.1) is 0 Å². The molecule has 1 aliphatic rings. The van der Waals surface area contributed by atoms with Crippen molar-refractivity contribution in [3.8, 4) is 0 Å². The summed E-state index contributed by atoms with van der Waals surface area (Å²) in [4.78, 5) is 0. The van der Waals surface area contributed by atoms with E-state index in [1.54, 1.807) is 0 Å². The van der Waals surface area contributed by atoms with Gasteiger partial charge in [-0.2, -0.15) is 0 Å². The summed E-state index contributed by atoms with van der Waals surface area (Å²) in [5, 5.41) is 10.8. The zero-order chi connectivity index (χ0) is 14.3. The Morgan fingerprint density at radius 1 is 1.16 bits per heavy atom. The Labute approximate surface area is 115 Å². The van der Waals surface area contributed by atoms with Crippen LogP contribution in [0.25, 0.3) is 0 Å². The van der Waals surface area contributed by atoms with Crippen LogP contribution < -0.4 is 0 Å². The molecule has 0 atom stereocenters. The van der Waals surface area contributed by atoms with E-state index in [1.807, 2.05) is 13.0 Å². The van der Waals surface area contributed by atoms with Gasteiger partial charge in [-0.3, -0.25) is 0 Å². The fourth-order valence-corrected chi connectivity index (χ4v) is 3.26. The van der Waals surface area contributed by atoms with Gasteiger partial charge in [-0.25, -0.2) is 4.39 Å². The van der Waals surface area contributed by atoms with E-state index in [0.29, 0.717) is 11.3 Å². The summed E-state index contributed by atoms with van der Waals surface area (Å²) in [5.41, 5.74) is 1.08. The van der Waals surface area contributed by atoms with E-state index >= 15 is 0 Å². The van der Waals surface area contributed by atoms with Crippen molar-refractivity contribution in [3.63, 3.8) is 0 Å². The lowest BCUT2D eigenvalue weighted by atomic mass is 9.67. The SMILES string of the molecule is Cc1cc(F)cc(C2(O)CCC(C(C)(C)C)CC2)c1. The first-order valence-corrected chi connectivity index (χ1v) is 7.21. The first-order valence-electron chi connectivity index (χ1n) is 7.21. The first kappa shape index (κ1) is 14.5. The van der Waals surface area contributed by atoms with Crippen molar-refractivity contribution < 1.29 is 9.50 Å². The molecule has 0 aliphatic heterocycles. The van der Waals surface area contributed by atoms with Gasteiger partial charge < -0.3 is 5.11 Å². The molecule has 1 N–H and O–H groups in total. The Morgan fingerprint density at radius 3 is 2.21 bits per heavy atom. The van der Waals surface area contributed by atoms with Gasteiger partial charge >= 0.3 is 0 Å². The van der Waals surface area contributed by atoms with Gasteiger partial charge in [0, 0.05) is 0 Å². The molecule has 1 aromatic carbocycles. The van der Waals surface area contributed by atoms with Crippen molar-refractivity contribution in [2.45, 2.75) is 59.0 Å². The van der Waals surface area contributed by atoms with Crippen LogP contribution >= 0.6 is 0 Å². The largest absolute Gasteiger partial charge is 0.385 e. The second-order valence-electron chi connectivity index (χ2n) is 7.19. The Bertz CT molecular complexity index is 431. The predicted octanol–water partition coefficient (Wildman–Crippen LogP) is 4.56. The van der Waals surface area contributed by atoms with Crippen LogP contribution in [-0.4, -0.2) is 5.11 Å². The van der Waals surface area contributed by atoms with E-state index in [0.717, 1.165) is 36.8 Å². The third-order valence-corrected chi connectivity index (χ3v) is 4.62. The minimum Gasteiger partial charge on any atom is -0.385 e. The van der Waals surface area contributed by atoms with Crippen molar-refractivity contribution >= 4 is 0 Å². The van der Waals surface area contributed by atoms with Crippen LogP contribution in [0.5, 0.6) is 0 Å². The van der Waals surface area contributed by atoms with Crippen LogP contribution in [0.4, 0.5) is 4.39 Å². The zero-order valence-corrected chi connectivity index (χ0v) is 12.5. The number of benzene rings is 1. The first-order chi connectivity index (χ1) is 8.71. The van der Waals surface area contributed by atoms with E-state index in [2.05, 4.69) is 20.8 Å². The van der Waals surface area contributed by atoms with Crippen LogP contribution in [-0.2, 0) is 5.60 Å². The molecule has 0 unspecified atom stereocenters. The number of rotatable bonds is 1. The normalized spacial score (nSPS) is 28.4. The monoisotopic (exact) mass is 264 g/mol. The molecule has 0 bridgehead atoms. The van der Waals surface area contributed by atoms with Crippen molar-refractivity contribution in [2.75, 3.05) is 0 Å². The molecule has 0 heterocycles. The van der Waals surface area contributed by atoms with Crippen molar-refractivity contribution in [1.29, 1.82) is 0 Å². The maximum absolute atomic E-state index is 13.5. The maximum Gasteiger partial charge on any atom is 0.123 e. The standard InChI is InChI=1S/C17H25FO/c1-12-9-14(11-15(18)10-12)17(19)7-5-13(6-8-17)16(2,3)4/h9-11,13,19H,5-8H2,1-4H3. The molecular formula is C17H25FO. The van der Waals surface area contributed by atoms with Crippen LogP contribution in [0.2, 0.25) is 0 Å². The highest BCUT2D eigenvalue weighted by Crippen LogP contribution is 2.45. The van der Waals surface area contributed by atoms with Crippen LogP contribution in [0.3, 0.4) is 0 Å². The van der Waals surface area contributed by atoms with Crippen molar-refractivity contribution in [2.24, 2.45) is 11.3 Å². The lowest BCUT2D eigenvalue weighted by molar-refractivity contribution is -0.0300. The highest BCUT2D eigenvalue weighted by atomic mass is 19.1. The molecule has 0 aromatic heterocycles. The molecule has 0 amide bonds. The quantitative estimate of drug-likeness (QED) is 0.788. The zero-order valence-electron chi connectivity index (χ0n) is 12.5. The summed E-state index contributed by atoms with van der Waals surface area (Å²) in [6.07, 6.45) is 3.49. The number of hydrogen-bond acceptors (Lipinski definition) is 1. The molecular weight excluding hydrogens is 239 g/mol. The highest BCUT2D eigenvalue weighted by molar-refractivity contribution is 5.29. The Hall–Kier alpha value is -0.890. The van der Waals surface area contributed by atoms with Gasteiger partial charge in [0.15, 0.2) is 0 Å². The average molecular weight is 264 g/mol. The number of halogens is 1. The van der Waals surface area contributed by atoms with Crippen molar-refractivity contribution in [3.05, 3.63) is 35.1 Å². The van der Waals surface area contributed by atoms with Crippen LogP contribution in [0.15, 0.2) is 18.2 Å². The fraction of sp³-hybridized carbons (Fsp3) is 0.647. The smallest absolute Gasteiger partial charge is 0.123 e. The van der Waals surface area contributed by atoms with E-state index in [4.69, 9.17) is 0 Å². The lowest BCUT2D eigenvalue weighted by Gasteiger charge is -2.41. The summed E-state index contributed by atoms with van der Waals surface area (Å²) in [5.74, 6) is 0.392. The van der Waals surface area contributed by atoms with E-state index in [1.165, 1.54) is 12.1 Å². The summed E-state index contributed by atoms with van der Waals surface area (Å²) in [6.45, 7) is 8.65. The van der Waals surface area contributed by atoms with Gasteiger partial charge in [-0.05, 0) is 67.2 Å². The van der Waals surface area contributed by atoms with Crippen LogP contribution in [0, 0.1) is 24.1 Å². The minimum absolute atomic E-state index is 0.249. The number of aryl methyl sites for hydroxylation is 1. The van der Waals surface area contributed by atoms with Gasteiger partial charge in [-0.1, -0.05) is 26.8 Å². The van der Waals surface area contributed by atoms with E-state index in [-0.39, 0.29) is 5.82 Å². The number of aliphatic hydroxyl groups is 1. The van der Waals surface area contributed by atoms with E-state index in [9.17, 15) is 9.50 Å². The topological polar surface area (TPSA) is 20.2 Å². The number of hydrogen-bond donors (Lipinski definition) is 1. The maximum atomic E-state index is 13.5. The average Bonchev–Trinajstić information content (AvgIpc) is 2.27. The highest BCUT2D eigenvalue weighted by Gasteiger charge is 2.38. The molecule has 19 heavy (non-hydrogen) atoms. The third-order valence-electron chi connectivity index (χ3n) is 4.62. The second kappa shape index (κ2) is 4.90. The Balaban J connectivity index is 2.18. The summed E-state index contributed by atoms with van der Waals surface area (Å²) >= 11 is 0. The summed E-state index contributed by atoms with van der Waals surface area (Å²) in [6, 6.07) is 4.92. The molecule has 0 radical (unpaired) electrons. The fourth-order valence-electron chi connectivity index (χ4n) is 3.26. The molecule has 0 spiro atoms. The van der Waals surface area contributed by atoms with Gasteiger partial charge in [0.2, 0.25) is 0 Å². The molecule has 0 saturated heterocycles. The molecule has 1 fully saturated rings. The van der Waals surface area contributed by atoms with Gasteiger partial charge in [0.25, 0.3) is 0 Å². The molecule has 106 valence electrons. The lowest BCUT2D eigenvalue weighted by Crippen LogP contribution is -2.35. The summed E-state index contributed by atoms with van der Waals surface area (Å²) < 4.78 is 13.5. The Morgan fingerprint density at radius 2 is 1.74 bits per heavy atom. The predicted molar refractivity (Wildman–Crippen MR) is 76.4 cm³/mol. The van der Waals surface area contributed by atoms with Gasteiger partial charge in [0.05, 0.1) is 5.60 Å². The minimum atomic E-state index is -0.839. The molecule has 1 aliphatic carbocycles. The molecule has 2 heteroatoms. The molecule has 2 rings (SSSR count). The second-order valence-corrected chi connectivity index (χ2v) is 7.19. The molecule has 1 saturated carbocycles. The Kier molecular flexibility index (Phi) is 3.74. The van der Waals surface area contributed by atoms with Crippen molar-refractivity contribution in [1.82, 2.24) is 0 Å². The molecule has 1 aromatic rings. The van der Waals surface area contributed by atoms with E-state index < -0.39 is 5.60 Å². The molecule has 1 nitrogen and oxygen atoms in total. The summed E-state index contributed by atoms with van der Waals surface area (Å²) in [7, 11) is 0. The third kappa shape index (κ3) is 3.17. The van der Waals surface area contributed by atoms with Gasteiger partial charge in [0.1, 0.15) is 5.82 Å². The van der Waals surface area contributed by atoms with Crippen LogP contribution in [0.1, 0.15) is 57.6 Å².